The van der Waals surface area contributed by atoms with Gasteiger partial charge in [0.1, 0.15) is 0 Å². The first-order valence-electron chi connectivity index (χ1n) is 16.8. The molecule has 0 saturated heterocycles. The Balaban J connectivity index is -0.000000198. The van der Waals surface area contributed by atoms with E-state index >= 15 is 0 Å². The Morgan fingerprint density at radius 3 is 0.784 bits per heavy atom. The van der Waals surface area contributed by atoms with Gasteiger partial charge in [-0.3, -0.25) is 0 Å². The molecule has 0 rings (SSSR count). The fourth-order valence-electron chi connectivity index (χ4n) is 6.71. The molecule has 0 spiro atoms. The summed E-state index contributed by atoms with van der Waals surface area (Å²) in [6, 6.07) is 0.713. The maximum absolute atomic E-state index is 2.42. The largest absolute Gasteiger partial charge is 0.301 e. The molecule has 0 unspecified atom stereocenters. The van der Waals surface area contributed by atoms with E-state index in [0.29, 0.717) is 16.9 Å². The molecule has 1 heteroatoms. The topological polar surface area (TPSA) is 3.24 Å². The van der Waals surface area contributed by atoms with Gasteiger partial charge in [0.15, 0.2) is 0 Å². The van der Waals surface area contributed by atoms with Crippen molar-refractivity contribution in [2.24, 2.45) is 40.4 Å². The highest BCUT2D eigenvalue weighted by Gasteiger charge is 2.32. The van der Waals surface area contributed by atoms with E-state index < -0.39 is 0 Å². The molecule has 230 valence electrons. The van der Waals surface area contributed by atoms with Crippen LogP contribution in [0.15, 0.2) is 0 Å². The second-order valence-electron chi connectivity index (χ2n) is 13.0. The molecule has 0 bridgehead atoms. The summed E-state index contributed by atoms with van der Waals surface area (Å²) in [7, 11) is 0. The van der Waals surface area contributed by atoms with E-state index in [9.17, 15) is 0 Å². The van der Waals surface area contributed by atoms with Gasteiger partial charge in [0.05, 0.1) is 0 Å². The van der Waals surface area contributed by atoms with E-state index in [1.807, 2.05) is 0 Å². The molecule has 37 heavy (non-hydrogen) atoms. The molecule has 0 aromatic rings. The van der Waals surface area contributed by atoms with E-state index in [0.717, 1.165) is 29.6 Å². The monoisotopic (exact) mass is 528 g/mol. The standard InChI is InChI=1S/C11H24.C10H22.C8H18.C7H17N/c1-7-11(8-2,9(3)4)10(5)6;1-6-10(7-2,8-3)9(4)5;2*1-5-8(6-2)7(3)4/h9-10H,7-8H2,1-6H3;9H,6-8H2,1-5H3;7-8H,5-6H2,1-4H3;7H,5-6H2,1-4H3. The maximum atomic E-state index is 2.42. The molecule has 0 heterocycles. The van der Waals surface area contributed by atoms with Crippen LogP contribution < -0.4 is 0 Å². The van der Waals surface area contributed by atoms with Gasteiger partial charge in [-0.1, -0.05) is 150 Å². The van der Waals surface area contributed by atoms with Crippen molar-refractivity contribution < 1.29 is 0 Å². The number of hydrogen-bond acceptors (Lipinski definition) is 1. The summed E-state index contributed by atoms with van der Waals surface area (Å²) in [4.78, 5) is 2.42. The van der Waals surface area contributed by atoms with Crippen molar-refractivity contribution in [3.8, 4) is 0 Å². The number of rotatable bonds is 14. The van der Waals surface area contributed by atoms with Crippen LogP contribution in [0.5, 0.6) is 0 Å². The van der Waals surface area contributed by atoms with Crippen LogP contribution in [-0.2, 0) is 0 Å². The van der Waals surface area contributed by atoms with Gasteiger partial charge in [-0.05, 0) is 80.2 Å². The lowest BCUT2D eigenvalue weighted by Gasteiger charge is -2.40. The SMILES string of the molecule is CCC(CC)(C(C)C)C(C)C.CCC(CC)(CC)C(C)C.CCC(CC)C(C)C.CCN(CC)C(C)C. The first-order valence-corrected chi connectivity index (χ1v) is 16.8. The molecule has 0 aliphatic rings. The lowest BCUT2D eigenvalue weighted by molar-refractivity contribution is 0.0991. The van der Waals surface area contributed by atoms with Crippen LogP contribution >= 0.6 is 0 Å². The summed E-state index contributed by atoms with van der Waals surface area (Å²) in [6.07, 6.45) is 9.31. The predicted molar refractivity (Wildman–Crippen MR) is 178 cm³/mol. The minimum Gasteiger partial charge on any atom is -0.301 e. The highest BCUT2D eigenvalue weighted by atomic mass is 15.1. The average Bonchev–Trinajstić information content (AvgIpc) is 2.83. The van der Waals surface area contributed by atoms with Gasteiger partial charge in [-0.2, -0.15) is 0 Å². The average molecular weight is 528 g/mol. The fourth-order valence-corrected chi connectivity index (χ4v) is 6.71. The Kier molecular flexibility index (Phi) is 29.7. The van der Waals surface area contributed by atoms with Gasteiger partial charge >= 0.3 is 0 Å². The van der Waals surface area contributed by atoms with Gasteiger partial charge < -0.3 is 4.90 Å². The Hall–Kier alpha value is -0.0400. The van der Waals surface area contributed by atoms with Crippen molar-refractivity contribution in [3.05, 3.63) is 0 Å². The molecule has 0 aromatic heterocycles. The second-order valence-corrected chi connectivity index (χ2v) is 13.0. The van der Waals surface area contributed by atoms with E-state index in [2.05, 4.69) is 136 Å². The van der Waals surface area contributed by atoms with Crippen LogP contribution in [0.4, 0.5) is 0 Å². The third-order valence-electron chi connectivity index (χ3n) is 10.5. The molecule has 0 amide bonds. The Morgan fingerprint density at radius 2 is 0.784 bits per heavy atom. The highest BCUT2D eigenvalue weighted by molar-refractivity contribution is 4.82. The highest BCUT2D eigenvalue weighted by Crippen LogP contribution is 2.42. The molecule has 0 aliphatic carbocycles. The molecule has 0 atom stereocenters. The predicted octanol–water partition coefficient (Wildman–Crippen LogP) is 12.8. The van der Waals surface area contributed by atoms with Crippen LogP contribution in [0.3, 0.4) is 0 Å². The van der Waals surface area contributed by atoms with Gasteiger partial charge in [0.2, 0.25) is 0 Å². The Bertz CT molecular complexity index is 395. The molecule has 0 radical (unpaired) electrons. The van der Waals surface area contributed by atoms with Crippen molar-refractivity contribution in [1.29, 1.82) is 0 Å². The van der Waals surface area contributed by atoms with Gasteiger partial charge in [-0.25, -0.2) is 0 Å². The molecule has 0 aromatic carbocycles. The van der Waals surface area contributed by atoms with Crippen molar-refractivity contribution in [2.45, 2.75) is 183 Å². The van der Waals surface area contributed by atoms with Crippen LogP contribution in [0, 0.1) is 40.4 Å². The summed E-state index contributed by atoms with van der Waals surface area (Å²) in [6.45, 7) is 46.0. The van der Waals surface area contributed by atoms with Crippen LogP contribution in [0.2, 0.25) is 0 Å². The summed E-state index contributed by atoms with van der Waals surface area (Å²) >= 11 is 0. The van der Waals surface area contributed by atoms with Gasteiger partial charge in [0, 0.05) is 6.04 Å². The number of nitrogens with zero attached hydrogens (tertiary/aromatic N) is 1. The molecule has 0 N–H and O–H groups in total. The maximum Gasteiger partial charge on any atom is 0.00383 e. The molecule has 0 saturated carbocycles. The van der Waals surface area contributed by atoms with Crippen molar-refractivity contribution in [1.82, 2.24) is 4.90 Å². The smallest absolute Gasteiger partial charge is 0.00383 e. The van der Waals surface area contributed by atoms with Gasteiger partial charge in [-0.15, -0.1) is 0 Å². The zero-order chi connectivity index (χ0) is 30.4. The fraction of sp³-hybridized carbons (Fsp3) is 1.00. The minimum atomic E-state index is 0.583. The first kappa shape index (κ1) is 44.0. The van der Waals surface area contributed by atoms with Crippen molar-refractivity contribution in [3.63, 3.8) is 0 Å². The van der Waals surface area contributed by atoms with E-state index in [1.165, 1.54) is 58.0 Å². The summed E-state index contributed by atoms with van der Waals surface area (Å²) in [5.74, 6) is 4.31. The summed E-state index contributed by atoms with van der Waals surface area (Å²) in [5.41, 5.74) is 1.21. The molecular weight excluding hydrogens is 446 g/mol. The molecule has 0 aliphatic heterocycles. The molecule has 0 fully saturated rings. The summed E-state index contributed by atoms with van der Waals surface area (Å²) < 4.78 is 0. The zero-order valence-corrected chi connectivity index (χ0v) is 30.3. The summed E-state index contributed by atoms with van der Waals surface area (Å²) in [5, 5.41) is 0. The van der Waals surface area contributed by atoms with Crippen LogP contribution in [0.1, 0.15) is 176 Å². The van der Waals surface area contributed by atoms with E-state index in [-0.39, 0.29) is 0 Å². The van der Waals surface area contributed by atoms with Crippen molar-refractivity contribution >= 4 is 0 Å². The third kappa shape index (κ3) is 17.3. The second kappa shape index (κ2) is 25.0. The van der Waals surface area contributed by atoms with Crippen molar-refractivity contribution in [2.75, 3.05) is 13.1 Å². The molecule has 1 nitrogen and oxygen atoms in total. The first-order chi connectivity index (χ1) is 17.1. The quantitative estimate of drug-likeness (QED) is 0.217. The normalized spacial score (nSPS) is 12.2. The van der Waals surface area contributed by atoms with Gasteiger partial charge in [0.25, 0.3) is 0 Å². The van der Waals surface area contributed by atoms with E-state index in [1.54, 1.807) is 0 Å². The lowest BCUT2D eigenvalue weighted by atomic mass is 9.65. The zero-order valence-electron chi connectivity index (χ0n) is 30.3. The molecular formula is C36H81N. The lowest BCUT2D eigenvalue weighted by Crippen LogP contribution is -2.31. The Morgan fingerprint density at radius 1 is 0.459 bits per heavy atom. The minimum absolute atomic E-state index is 0.583. The van der Waals surface area contributed by atoms with Crippen LogP contribution in [-0.4, -0.2) is 24.0 Å². The van der Waals surface area contributed by atoms with Crippen LogP contribution in [0.25, 0.3) is 0 Å². The number of hydrogen-bond donors (Lipinski definition) is 0. The Labute approximate surface area is 240 Å². The third-order valence-corrected chi connectivity index (χ3v) is 10.5. The van der Waals surface area contributed by atoms with E-state index in [4.69, 9.17) is 0 Å².